The van der Waals surface area contributed by atoms with Gasteiger partial charge in [-0.3, -0.25) is 0 Å². The SMILES string of the molecule is CCCCC[SiH](Cl)CCCC. The van der Waals surface area contributed by atoms with E-state index in [0.717, 1.165) is 0 Å². The molecule has 0 fully saturated rings. The minimum absolute atomic E-state index is 0.779. The third-order valence-electron chi connectivity index (χ3n) is 1.99. The summed E-state index contributed by atoms with van der Waals surface area (Å²) in [5, 5.41) is 0. The maximum atomic E-state index is 6.23. The Kier molecular flexibility index (Phi) is 9.00. The van der Waals surface area contributed by atoms with Crippen molar-refractivity contribution < 1.29 is 0 Å². The number of hydrogen-bond donors (Lipinski definition) is 0. The van der Waals surface area contributed by atoms with Crippen LogP contribution in [-0.2, 0) is 0 Å². The summed E-state index contributed by atoms with van der Waals surface area (Å²) in [6, 6.07) is 2.71. The molecule has 1 unspecified atom stereocenters. The molecule has 11 heavy (non-hydrogen) atoms. The Morgan fingerprint density at radius 1 is 0.909 bits per heavy atom. The Morgan fingerprint density at radius 3 is 2.00 bits per heavy atom. The van der Waals surface area contributed by atoms with Crippen LogP contribution in [-0.4, -0.2) is 8.11 Å². The molecule has 0 N–H and O–H groups in total. The third-order valence-corrected chi connectivity index (χ3v) is 5.37. The van der Waals surface area contributed by atoms with Gasteiger partial charge in [0.2, 0.25) is 0 Å². The largest absolute Gasteiger partial charge is 0.172 e. The summed E-state index contributed by atoms with van der Waals surface area (Å²) in [7, 11) is -0.779. The van der Waals surface area contributed by atoms with Crippen LogP contribution in [0.3, 0.4) is 0 Å². The second-order valence-corrected chi connectivity index (χ2v) is 7.44. The fourth-order valence-electron chi connectivity index (χ4n) is 1.19. The standard InChI is InChI=1S/C9H21ClSi/c1-3-5-7-9-11(10)8-6-4-2/h11H,3-9H2,1-2H3. The van der Waals surface area contributed by atoms with E-state index in [4.69, 9.17) is 11.1 Å². The first-order valence-electron chi connectivity index (χ1n) is 4.95. The Bertz CT molecular complexity index is 76.0. The highest BCUT2D eigenvalue weighted by atomic mass is 35.6. The molecule has 0 aromatic heterocycles. The van der Waals surface area contributed by atoms with Gasteiger partial charge in [0, 0.05) is 0 Å². The lowest BCUT2D eigenvalue weighted by molar-refractivity contribution is 0.764. The summed E-state index contributed by atoms with van der Waals surface area (Å²) in [4.78, 5) is 0. The van der Waals surface area contributed by atoms with Crippen LogP contribution in [0.15, 0.2) is 0 Å². The van der Waals surface area contributed by atoms with Gasteiger partial charge in [0.05, 0.1) is 0 Å². The van der Waals surface area contributed by atoms with Crippen molar-refractivity contribution in [2.24, 2.45) is 0 Å². The van der Waals surface area contributed by atoms with E-state index in [1.165, 1.54) is 44.2 Å². The van der Waals surface area contributed by atoms with Gasteiger partial charge in [-0.25, -0.2) is 0 Å². The Labute approximate surface area is 77.6 Å². The van der Waals surface area contributed by atoms with E-state index in [2.05, 4.69) is 13.8 Å². The van der Waals surface area contributed by atoms with Crippen molar-refractivity contribution in [2.75, 3.05) is 0 Å². The Morgan fingerprint density at radius 2 is 1.45 bits per heavy atom. The van der Waals surface area contributed by atoms with Crippen LogP contribution in [0.1, 0.15) is 46.0 Å². The smallest absolute Gasteiger partial charge is 0.141 e. The highest BCUT2D eigenvalue weighted by Crippen LogP contribution is 2.13. The molecule has 0 heterocycles. The molecule has 0 aliphatic carbocycles. The topological polar surface area (TPSA) is 0 Å². The molecule has 0 aliphatic heterocycles. The van der Waals surface area contributed by atoms with Crippen molar-refractivity contribution >= 4 is 19.2 Å². The van der Waals surface area contributed by atoms with E-state index in [-0.39, 0.29) is 0 Å². The maximum Gasteiger partial charge on any atom is 0.141 e. The summed E-state index contributed by atoms with van der Waals surface area (Å²) in [6.07, 6.45) is 6.74. The zero-order chi connectivity index (χ0) is 8.53. The third kappa shape index (κ3) is 8.41. The first-order chi connectivity index (χ1) is 5.31. The molecule has 0 nitrogen and oxygen atoms in total. The average Bonchev–Trinajstić information content (AvgIpc) is 2.01. The normalized spacial score (nSPS) is 13.4. The van der Waals surface area contributed by atoms with Crippen LogP contribution >= 0.6 is 11.1 Å². The zero-order valence-electron chi connectivity index (χ0n) is 7.91. The van der Waals surface area contributed by atoms with Crippen LogP contribution < -0.4 is 0 Å². The van der Waals surface area contributed by atoms with Crippen molar-refractivity contribution in [3.05, 3.63) is 0 Å². The highest BCUT2D eigenvalue weighted by molar-refractivity contribution is 7.06. The molecule has 0 bridgehead atoms. The molecule has 1 atom stereocenters. The molecule has 0 radical (unpaired) electrons. The summed E-state index contributed by atoms with van der Waals surface area (Å²) in [5.41, 5.74) is 0. The number of rotatable bonds is 7. The van der Waals surface area contributed by atoms with Crippen LogP contribution in [0.25, 0.3) is 0 Å². The Balaban J connectivity index is 3.02. The van der Waals surface area contributed by atoms with Gasteiger partial charge >= 0.3 is 0 Å². The first kappa shape index (κ1) is 11.5. The zero-order valence-corrected chi connectivity index (χ0v) is 9.82. The molecule has 0 spiro atoms. The summed E-state index contributed by atoms with van der Waals surface area (Å²) in [5.74, 6) is 0. The molecule has 0 aromatic carbocycles. The number of unbranched alkanes of at least 4 members (excludes halogenated alkanes) is 3. The maximum absolute atomic E-state index is 6.23. The fourth-order valence-corrected chi connectivity index (χ4v) is 3.98. The van der Waals surface area contributed by atoms with Gasteiger partial charge in [-0.05, 0) is 12.1 Å². The predicted molar refractivity (Wildman–Crippen MR) is 57.0 cm³/mol. The molecule has 0 saturated heterocycles. The summed E-state index contributed by atoms with van der Waals surface area (Å²) in [6.45, 7) is 4.49. The van der Waals surface area contributed by atoms with Gasteiger partial charge in [0.15, 0.2) is 0 Å². The molecule has 0 saturated carbocycles. The van der Waals surface area contributed by atoms with Gasteiger partial charge in [-0.2, -0.15) is 11.1 Å². The van der Waals surface area contributed by atoms with E-state index in [0.29, 0.717) is 0 Å². The van der Waals surface area contributed by atoms with E-state index < -0.39 is 8.11 Å². The molecular formula is C9H21ClSi. The minimum atomic E-state index is -0.779. The van der Waals surface area contributed by atoms with E-state index in [1.807, 2.05) is 0 Å². The number of halogens is 1. The predicted octanol–water partition coefficient (Wildman–Crippen LogP) is 3.94. The summed E-state index contributed by atoms with van der Waals surface area (Å²) >= 11 is 6.23. The van der Waals surface area contributed by atoms with Crippen molar-refractivity contribution in [3.63, 3.8) is 0 Å². The van der Waals surface area contributed by atoms with Crippen molar-refractivity contribution in [1.29, 1.82) is 0 Å². The van der Waals surface area contributed by atoms with Gasteiger partial charge in [0.1, 0.15) is 8.11 Å². The van der Waals surface area contributed by atoms with Crippen LogP contribution in [0, 0.1) is 0 Å². The molecule has 0 rings (SSSR count). The van der Waals surface area contributed by atoms with E-state index in [9.17, 15) is 0 Å². The summed E-state index contributed by atoms with van der Waals surface area (Å²) < 4.78 is 0. The minimum Gasteiger partial charge on any atom is -0.172 e. The van der Waals surface area contributed by atoms with Crippen LogP contribution in [0.2, 0.25) is 12.1 Å². The van der Waals surface area contributed by atoms with Crippen LogP contribution in [0.4, 0.5) is 0 Å². The average molecular weight is 193 g/mol. The molecule has 0 aromatic rings. The van der Waals surface area contributed by atoms with E-state index in [1.54, 1.807) is 0 Å². The van der Waals surface area contributed by atoms with Crippen LogP contribution in [0.5, 0.6) is 0 Å². The second-order valence-electron chi connectivity index (χ2n) is 3.24. The molecule has 68 valence electrons. The Hall–Kier alpha value is 0.507. The van der Waals surface area contributed by atoms with Crippen molar-refractivity contribution in [2.45, 2.75) is 58.0 Å². The first-order valence-corrected chi connectivity index (χ1v) is 8.33. The van der Waals surface area contributed by atoms with Gasteiger partial charge < -0.3 is 0 Å². The molecular weight excluding hydrogens is 172 g/mol. The fraction of sp³-hybridized carbons (Fsp3) is 1.00. The lowest BCUT2D eigenvalue weighted by Gasteiger charge is -2.04. The monoisotopic (exact) mass is 192 g/mol. The number of hydrogen-bond acceptors (Lipinski definition) is 0. The molecule has 2 heteroatoms. The van der Waals surface area contributed by atoms with Gasteiger partial charge in [-0.1, -0.05) is 46.0 Å². The van der Waals surface area contributed by atoms with Crippen molar-refractivity contribution in [3.8, 4) is 0 Å². The lowest BCUT2D eigenvalue weighted by Crippen LogP contribution is -2.01. The van der Waals surface area contributed by atoms with Gasteiger partial charge in [0.25, 0.3) is 0 Å². The molecule has 0 aliphatic rings. The quantitative estimate of drug-likeness (QED) is 0.326. The van der Waals surface area contributed by atoms with E-state index >= 15 is 0 Å². The second kappa shape index (κ2) is 8.60. The lowest BCUT2D eigenvalue weighted by atomic mass is 10.3. The van der Waals surface area contributed by atoms with Crippen molar-refractivity contribution in [1.82, 2.24) is 0 Å². The highest BCUT2D eigenvalue weighted by Gasteiger charge is 2.04. The van der Waals surface area contributed by atoms with Gasteiger partial charge in [-0.15, -0.1) is 0 Å². The molecule has 0 amide bonds.